The maximum Gasteiger partial charge on any atom is 0.281 e. The van der Waals surface area contributed by atoms with Gasteiger partial charge >= 0.3 is 0 Å². The SMILES string of the molecule is O=C1C=C(N2CCC(CCN3CCOCC3)CC2)C(=O)N1c1ccccc1. The van der Waals surface area contributed by atoms with Gasteiger partial charge in [0.15, 0.2) is 0 Å². The number of morpholine rings is 1. The van der Waals surface area contributed by atoms with Gasteiger partial charge in [0.1, 0.15) is 5.70 Å². The number of nitrogens with zero attached hydrogens (tertiary/aromatic N) is 3. The van der Waals surface area contributed by atoms with E-state index in [1.54, 1.807) is 12.1 Å². The summed E-state index contributed by atoms with van der Waals surface area (Å²) in [6.45, 7) is 6.61. The Labute approximate surface area is 160 Å². The number of benzene rings is 1. The predicted octanol–water partition coefficient (Wildman–Crippen LogP) is 1.88. The summed E-state index contributed by atoms with van der Waals surface area (Å²) in [6.07, 6.45) is 4.86. The molecule has 0 radical (unpaired) electrons. The molecule has 6 nitrogen and oxygen atoms in total. The second-order valence-corrected chi connectivity index (χ2v) is 7.52. The maximum atomic E-state index is 12.8. The van der Waals surface area contributed by atoms with Gasteiger partial charge in [-0.1, -0.05) is 18.2 Å². The smallest absolute Gasteiger partial charge is 0.281 e. The lowest BCUT2D eigenvalue weighted by molar-refractivity contribution is -0.121. The standard InChI is InChI=1S/C21H27N3O3/c25-20-16-19(21(26)24(20)18-4-2-1-3-5-18)23-10-7-17(8-11-23)6-9-22-12-14-27-15-13-22/h1-5,16-17H,6-15H2. The summed E-state index contributed by atoms with van der Waals surface area (Å²) in [5.41, 5.74) is 1.19. The topological polar surface area (TPSA) is 53.1 Å². The van der Waals surface area contributed by atoms with Crippen LogP contribution in [0.25, 0.3) is 0 Å². The van der Waals surface area contributed by atoms with E-state index in [1.807, 2.05) is 18.2 Å². The molecule has 27 heavy (non-hydrogen) atoms. The Morgan fingerprint density at radius 2 is 1.67 bits per heavy atom. The molecular formula is C21H27N3O3. The normalized spacial score (nSPS) is 22.4. The van der Waals surface area contributed by atoms with E-state index in [2.05, 4.69) is 9.80 Å². The molecule has 1 aromatic carbocycles. The highest BCUT2D eigenvalue weighted by Gasteiger charge is 2.36. The van der Waals surface area contributed by atoms with E-state index in [-0.39, 0.29) is 11.8 Å². The van der Waals surface area contributed by atoms with Crippen LogP contribution >= 0.6 is 0 Å². The lowest BCUT2D eigenvalue weighted by Gasteiger charge is -2.35. The Morgan fingerprint density at radius 3 is 2.37 bits per heavy atom. The third kappa shape index (κ3) is 4.06. The summed E-state index contributed by atoms with van der Waals surface area (Å²) in [4.78, 5) is 31.0. The highest BCUT2D eigenvalue weighted by molar-refractivity contribution is 6.30. The second kappa shape index (κ2) is 8.23. The third-order valence-electron chi connectivity index (χ3n) is 5.83. The van der Waals surface area contributed by atoms with Crippen LogP contribution in [0.2, 0.25) is 0 Å². The molecule has 3 aliphatic heterocycles. The highest BCUT2D eigenvalue weighted by Crippen LogP contribution is 2.28. The van der Waals surface area contributed by atoms with Crippen LogP contribution in [0, 0.1) is 5.92 Å². The van der Waals surface area contributed by atoms with Crippen molar-refractivity contribution < 1.29 is 14.3 Å². The van der Waals surface area contributed by atoms with Crippen molar-refractivity contribution in [3.05, 3.63) is 42.1 Å². The maximum absolute atomic E-state index is 12.8. The number of carbonyl (C=O) groups is 2. The van der Waals surface area contributed by atoms with Crippen LogP contribution < -0.4 is 4.90 Å². The second-order valence-electron chi connectivity index (χ2n) is 7.52. The molecule has 0 aliphatic carbocycles. The summed E-state index contributed by atoms with van der Waals surface area (Å²) < 4.78 is 5.40. The largest absolute Gasteiger partial charge is 0.379 e. The van der Waals surface area contributed by atoms with E-state index < -0.39 is 0 Å². The van der Waals surface area contributed by atoms with E-state index in [1.165, 1.54) is 17.4 Å². The van der Waals surface area contributed by atoms with Crippen molar-refractivity contribution in [1.29, 1.82) is 0 Å². The van der Waals surface area contributed by atoms with Gasteiger partial charge in [0.25, 0.3) is 11.8 Å². The van der Waals surface area contributed by atoms with Crippen molar-refractivity contribution in [1.82, 2.24) is 9.80 Å². The number of hydrogen-bond acceptors (Lipinski definition) is 5. The number of ether oxygens (including phenoxy) is 1. The number of likely N-dealkylation sites (tertiary alicyclic amines) is 1. The van der Waals surface area contributed by atoms with Crippen molar-refractivity contribution in [2.24, 2.45) is 5.92 Å². The molecule has 0 atom stereocenters. The zero-order chi connectivity index (χ0) is 18.6. The molecule has 2 fully saturated rings. The average molecular weight is 369 g/mol. The van der Waals surface area contributed by atoms with Gasteiger partial charge < -0.3 is 9.64 Å². The first-order valence-corrected chi connectivity index (χ1v) is 9.92. The third-order valence-corrected chi connectivity index (χ3v) is 5.83. The number of carbonyl (C=O) groups excluding carboxylic acids is 2. The summed E-state index contributed by atoms with van der Waals surface area (Å²) in [5.74, 6) is 0.260. The Kier molecular flexibility index (Phi) is 5.55. The van der Waals surface area contributed by atoms with Gasteiger partial charge in [0, 0.05) is 32.3 Å². The monoisotopic (exact) mass is 369 g/mol. The van der Waals surface area contributed by atoms with Gasteiger partial charge in [0.05, 0.1) is 18.9 Å². The van der Waals surface area contributed by atoms with Crippen molar-refractivity contribution in [3.8, 4) is 0 Å². The minimum Gasteiger partial charge on any atom is -0.379 e. The molecule has 0 N–H and O–H groups in total. The Bertz CT molecular complexity index is 705. The molecule has 3 aliphatic rings. The molecule has 2 amide bonds. The molecule has 0 aromatic heterocycles. The number of rotatable bonds is 5. The minimum atomic E-state index is -0.240. The molecule has 3 heterocycles. The number of anilines is 1. The van der Waals surface area contributed by atoms with Crippen LogP contribution in [-0.2, 0) is 14.3 Å². The van der Waals surface area contributed by atoms with Gasteiger partial charge in [-0.3, -0.25) is 14.5 Å². The molecular weight excluding hydrogens is 342 g/mol. The Hall–Kier alpha value is -2.18. The van der Waals surface area contributed by atoms with Gasteiger partial charge in [-0.25, -0.2) is 4.90 Å². The fourth-order valence-electron chi connectivity index (χ4n) is 4.16. The van der Waals surface area contributed by atoms with Crippen LogP contribution in [0.3, 0.4) is 0 Å². The van der Waals surface area contributed by atoms with Crippen LogP contribution in [0.5, 0.6) is 0 Å². The zero-order valence-corrected chi connectivity index (χ0v) is 15.7. The number of amides is 2. The van der Waals surface area contributed by atoms with Crippen LogP contribution in [0.15, 0.2) is 42.1 Å². The van der Waals surface area contributed by atoms with Crippen molar-refractivity contribution in [2.75, 3.05) is 50.8 Å². The number of hydrogen-bond donors (Lipinski definition) is 0. The number of piperidine rings is 1. The lowest BCUT2D eigenvalue weighted by Crippen LogP contribution is -2.40. The summed E-state index contributed by atoms with van der Waals surface area (Å²) in [6, 6.07) is 9.15. The van der Waals surface area contributed by atoms with Gasteiger partial charge in [0.2, 0.25) is 0 Å². The highest BCUT2D eigenvalue weighted by atomic mass is 16.5. The van der Waals surface area contributed by atoms with Crippen LogP contribution in [0.1, 0.15) is 19.3 Å². The van der Waals surface area contributed by atoms with Gasteiger partial charge in [-0.2, -0.15) is 0 Å². The molecule has 4 rings (SSSR count). The van der Waals surface area contributed by atoms with E-state index in [4.69, 9.17) is 4.74 Å². The predicted molar refractivity (Wildman–Crippen MR) is 103 cm³/mol. The molecule has 0 unspecified atom stereocenters. The molecule has 2 saturated heterocycles. The first-order chi connectivity index (χ1) is 13.2. The fourth-order valence-corrected chi connectivity index (χ4v) is 4.16. The van der Waals surface area contributed by atoms with E-state index in [0.29, 0.717) is 17.3 Å². The van der Waals surface area contributed by atoms with E-state index in [0.717, 1.165) is 58.8 Å². The number of imide groups is 1. The average Bonchev–Trinajstić information content (AvgIpc) is 3.02. The summed E-state index contributed by atoms with van der Waals surface area (Å²) in [7, 11) is 0. The number of para-hydroxylation sites is 1. The van der Waals surface area contributed by atoms with E-state index >= 15 is 0 Å². The first-order valence-electron chi connectivity index (χ1n) is 9.92. The molecule has 1 aromatic rings. The summed E-state index contributed by atoms with van der Waals surface area (Å²) in [5, 5.41) is 0. The van der Waals surface area contributed by atoms with Gasteiger partial charge in [-0.15, -0.1) is 0 Å². The van der Waals surface area contributed by atoms with Crippen molar-refractivity contribution in [3.63, 3.8) is 0 Å². The molecule has 6 heteroatoms. The molecule has 0 bridgehead atoms. The molecule has 0 spiro atoms. The first kappa shape index (κ1) is 18.2. The quantitative estimate of drug-likeness (QED) is 0.742. The molecule has 0 saturated carbocycles. The lowest BCUT2D eigenvalue weighted by atomic mass is 9.93. The minimum absolute atomic E-state index is 0.196. The van der Waals surface area contributed by atoms with Crippen molar-refractivity contribution >= 4 is 17.5 Å². The molecule has 144 valence electrons. The van der Waals surface area contributed by atoms with Crippen LogP contribution in [-0.4, -0.2) is 67.6 Å². The van der Waals surface area contributed by atoms with Crippen molar-refractivity contribution in [2.45, 2.75) is 19.3 Å². The Balaban J connectivity index is 1.30. The summed E-state index contributed by atoms with van der Waals surface area (Å²) >= 11 is 0. The van der Waals surface area contributed by atoms with E-state index in [9.17, 15) is 9.59 Å². The van der Waals surface area contributed by atoms with Crippen LogP contribution in [0.4, 0.5) is 5.69 Å². The fraction of sp³-hybridized carbons (Fsp3) is 0.524. The van der Waals surface area contributed by atoms with Gasteiger partial charge in [-0.05, 0) is 43.9 Å². The Morgan fingerprint density at radius 1 is 0.963 bits per heavy atom. The zero-order valence-electron chi connectivity index (χ0n) is 15.7.